The Labute approximate surface area is 173 Å². The van der Waals surface area contributed by atoms with Crippen molar-refractivity contribution in [3.63, 3.8) is 0 Å². The first-order valence-electron chi connectivity index (χ1n) is 8.59. The molecule has 1 N–H and O–H groups in total. The Morgan fingerprint density at radius 1 is 1.17 bits per heavy atom. The van der Waals surface area contributed by atoms with Crippen molar-refractivity contribution in [2.45, 2.75) is 30.7 Å². The van der Waals surface area contributed by atoms with E-state index in [2.05, 4.69) is 35.9 Å². The van der Waals surface area contributed by atoms with Crippen molar-refractivity contribution in [2.24, 2.45) is 0 Å². The summed E-state index contributed by atoms with van der Waals surface area (Å²) in [7, 11) is 0. The zero-order chi connectivity index (χ0) is 20.1. The van der Waals surface area contributed by atoms with E-state index < -0.39 is 0 Å². The van der Waals surface area contributed by atoms with Gasteiger partial charge in [0.2, 0.25) is 22.8 Å². The average Bonchev–Trinajstić information content (AvgIpc) is 3.47. The molecule has 1 amide bonds. The topological polar surface area (TPSA) is 133 Å². The number of benzene rings is 1. The van der Waals surface area contributed by atoms with Crippen LogP contribution in [0.15, 0.2) is 44.5 Å². The molecule has 12 heteroatoms. The van der Waals surface area contributed by atoms with Gasteiger partial charge in [-0.15, -0.1) is 20.4 Å². The fourth-order valence-electron chi connectivity index (χ4n) is 2.29. The monoisotopic (exact) mass is 429 g/mol. The number of carbonyl (C=O) groups is 1. The summed E-state index contributed by atoms with van der Waals surface area (Å²) in [6.45, 7) is 1.82. The first-order valence-corrected chi connectivity index (χ1v) is 10.4. The Balaban J connectivity index is 1.25. The number of aryl methyl sites for hydroxylation is 2. The van der Waals surface area contributed by atoms with Gasteiger partial charge in [-0.2, -0.15) is 4.98 Å². The minimum Gasteiger partial charge on any atom is -0.411 e. The molecule has 0 aliphatic heterocycles. The predicted molar refractivity (Wildman–Crippen MR) is 105 cm³/mol. The third-order valence-corrected chi connectivity index (χ3v) is 5.17. The summed E-state index contributed by atoms with van der Waals surface area (Å²) in [5.74, 6) is 1.56. The summed E-state index contributed by atoms with van der Waals surface area (Å²) in [6, 6.07) is 9.53. The van der Waals surface area contributed by atoms with Crippen molar-refractivity contribution in [3.05, 3.63) is 47.1 Å². The van der Waals surface area contributed by atoms with Crippen LogP contribution in [0.5, 0.6) is 0 Å². The first kappa shape index (κ1) is 19.2. The van der Waals surface area contributed by atoms with Crippen LogP contribution < -0.4 is 5.32 Å². The molecule has 0 radical (unpaired) electrons. The van der Waals surface area contributed by atoms with E-state index in [9.17, 15) is 4.79 Å². The van der Waals surface area contributed by atoms with Gasteiger partial charge in [0.05, 0.1) is 5.75 Å². The molecule has 0 fully saturated rings. The Bertz CT molecular complexity index is 1090. The molecule has 0 saturated carbocycles. The molecule has 148 valence electrons. The largest absolute Gasteiger partial charge is 0.411 e. The number of amides is 1. The van der Waals surface area contributed by atoms with Gasteiger partial charge in [0.25, 0.3) is 5.22 Å². The van der Waals surface area contributed by atoms with Crippen LogP contribution in [0.25, 0.3) is 11.5 Å². The highest BCUT2D eigenvalue weighted by molar-refractivity contribution is 7.98. The lowest BCUT2D eigenvalue weighted by Gasteiger charge is -1.97. The number of nitrogens with one attached hydrogen (secondary N) is 1. The second-order valence-corrected chi connectivity index (χ2v) is 7.91. The number of rotatable bonds is 8. The third-order valence-electron chi connectivity index (χ3n) is 3.60. The van der Waals surface area contributed by atoms with E-state index in [1.54, 1.807) is 0 Å². The summed E-state index contributed by atoms with van der Waals surface area (Å²) in [5, 5.41) is 24.0. The maximum atomic E-state index is 11.9. The van der Waals surface area contributed by atoms with Crippen LogP contribution in [0.1, 0.15) is 23.1 Å². The van der Waals surface area contributed by atoms with Crippen molar-refractivity contribution < 1.29 is 13.7 Å². The van der Waals surface area contributed by atoms with E-state index in [1.165, 1.54) is 23.1 Å². The van der Waals surface area contributed by atoms with E-state index >= 15 is 0 Å². The molecule has 1 aromatic carbocycles. The van der Waals surface area contributed by atoms with Crippen LogP contribution >= 0.6 is 23.1 Å². The number of hydrogen-bond acceptors (Lipinski definition) is 11. The molecule has 0 unspecified atom stereocenters. The van der Waals surface area contributed by atoms with E-state index in [4.69, 9.17) is 8.94 Å². The van der Waals surface area contributed by atoms with E-state index in [0.29, 0.717) is 40.1 Å². The molecule has 3 aromatic heterocycles. The van der Waals surface area contributed by atoms with Crippen LogP contribution in [-0.4, -0.2) is 36.4 Å². The molecule has 0 bridgehead atoms. The van der Waals surface area contributed by atoms with Gasteiger partial charge in [-0.1, -0.05) is 46.5 Å². The van der Waals surface area contributed by atoms with Gasteiger partial charge in [-0.25, -0.2) is 0 Å². The van der Waals surface area contributed by atoms with Crippen LogP contribution in [0.2, 0.25) is 0 Å². The van der Waals surface area contributed by atoms with E-state index in [-0.39, 0.29) is 12.3 Å². The lowest BCUT2D eigenvalue weighted by Crippen LogP contribution is -2.12. The van der Waals surface area contributed by atoms with Crippen molar-refractivity contribution in [1.29, 1.82) is 0 Å². The molecular formula is C17H15N7O3S2. The first-order chi connectivity index (χ1) is 14.2. The third kappa shape index (κ3) is 5.23. The fraction of sp³-hybridized carbons (Fsp3) is 0.235. The van der Waals surface area contributed by atoms with E-state index in [0.717, 1.165) is 10.6 Å². The number of aromatic nitrogens is 6. The molecule has 3 heterocycles. The molecule has 0 aliphatic carbocycles. The quantitative estimate of drug-likeness (QED) is 0.416. The average molecular weight is 429 g/mol. The minimum absolute atomic E-state index is 0.186. The highest BCUT2D eigenvalue weighted by Gasteiger charge is 2.13. The van der Waals surface area contributed by atoms with Gasteiger partial charge in [0, 0.05) is 18.4 Å². The molecule has 4 rings (SSSR count). The number of hydrogen-bond donors (Lipinski definition) is 1. The van der Waals surface area contributed by atoms with Crippen molar-refractivity contribution in [3.8, 4) is 11.5 Å². The summed E-state index contributed by atoms with van der Waals surface area (Å²) >= 11 is 2.63. The molecule has 0 atom stereocenters. The highest BCUT2D eigenvalue weighted by atomic mass is 32.2. The van der Waals surface area contributed by atoms with Gasteiger partial charge in [-0.05, 0) is 19.1 Å². The molecule has 4 aromatic rings. The van der Waals surface area contributed by atoms with Crippen LogP contribution in [0, 0.1) is 6.92 Å². The summed E-state index contributed by atoms with van der Waals surface area (Å²) < 4.78 is 10.8. The minimum atomic E-state index is -0.186. The maximum absolute atomic E-state index is 11.9. The summed E-state index contributed by atoms with van der Waals surface area (Å²) in [5.41, 5.74) is 0.857. The van der Waals surface area contributed by atoms with Gasteiger partial charge in [0.15, 0.2) is 5.82 Å². The van der Waals surface area contributed by atoms with E-state index in [1.807, 2.05) is 37.3 Å². The Morgan fingerprint density at radius 2 is 2.03 bits per heavy atom. The predicted octanol–water partition coefficient (Wildman–Crippen LogP) is 3.14. The molecule has 0 spiro atoms. The number of carbonyl (C=O) groups excluding carboxylic acids is 1. The zero-order valence-electron chi connectivity index (χ0n) is 15.2. The molecule has 0 aliphatic rings. The van der Waals surface area contributed by atoms with Gasteiger partial charge in [-0.3, -0.25) is 4.79 Å². The van der Waals surface area contributed by atoms with Crippen LogP contribution in [0.4, 0.5) is 5.13 Å². The second kappa shape index (κ2) is 8.92. The molecule has 29 heavy (non-hydrogen) atoms. The Hall–Kier alpha value is -3.12. The Kier molecular flexibility index (Phi) is 5.91. The van der Waals surface area contributed by atoms with Gasteiger partial charge in [0.1, 0.15) is 5.01 Å². The second-order valence-electron chi connectivity index (χ2n) is 5.81. The molecule has 10 nitrogen and oxygen atoms in total. The van der Waals surface area contributed by atoms with Crippen molar-refractivity contribution in [1.82, 2.24) is 30.5 Å². The number of anilines is 1. The maximum Gasteiger partial charge on any atom is 0.277 e. The Morgan fingerprint density at radius 3 is 2.83 bits per heavy atom. The normalized spacial score (nSPS) is 10.9. The summed E-state index contributed by atoms with van der Waals surface area (Å²) in [6.07, 6.45) is 0.539. The number of thioether (sulfide) groups is 1. The fourth-order valence-corrected chi connectivity index (χ4v) is 3.51. The van der Waals surface area contributed by atoms with Gasteiger partial charge >= 0.3 is 0 Å². The molecular weight excluding hydrogens is 414 g/mol. The van der Waals surface area contributed by atoms with Crippen LogP contribution in [0.3, 0.4) is 0 Å². The smallest absolute Gasteiger partial charge is 0.277 e. The van der Waals surface area contributed by atoms with Crippen molar-refractivity contribution in [2.75, 3.05) is 5.32 Å². The van der Waals surface area contributed by atoms with Gasteiger partial charge < -0.3 is 14.3 Å². The summed E-state index contributed by atoms with van der Waals surface area (Å²) in [4.78, 5) is 16.2. The lowest BCUT2D eigenvalue weighted by atomic mass is 10.2. The highest BCUT2D eigenvalue weighted by Crippen LogP contribution is 2.24. The number of nitrogens with zero attached hydrogens (tertiary/aromatic N) is 6. The zero-order valence-corrected chi connectivity index (χ0v) is 16.9. The lowest BCUT2D eigenvalue weighted by molar-refractivity contribution is -0.116. The standard InChI is InChI=1S/C17H15N7O3S2/c1-10-20-22-16(29-10)19-13(25)7-8-14-18-12(24-27-14)9-28-17-23-21-15(26-17)11-5-3-2-4-6-11/h2-6H,7-9H2,1H3,(H,19,22,25). The molecule has 0 saturated heterocycles. The SMILES string of the molecule is Cc1nnc(NC(=O)CCc2nc(CSc3nnc(-c4ccccc4)o3)no2)s1. The van der Waals surface area contributed by atoms with Crippen LogP contribution in [-0.2, 0) is 17.0 Å². The van der Waals surface area contributed by atoms with Crippen molar-refractivity contribution >= 4 is 34.1 Å².